The van der Waals surface area contributed by atoms with Gasteiger partial charge in [0.05, 0.1) is 17.1 Å². The summed E-state index contributed by atoms with van der Waals surface area (Å²) in [5.74, 6) is -0.944. The van der Waals surface area contributed by atoms with Gasteiger partial charge in [0.15, 0.2) is 0 Å². The zero-order valence-electron chi connectivity index (χ0n) is 15.0. The molecule has 142 valence electrons. The van der Waals surface area contributed by atoms with Gasteiger partial charge in [-0.2, -0.15) is 13.2 Å². The van der Waals surface area contributed by atoms with Crippen LogP contribution in [0.25, 0.3) is 11.0 Å². The maximum Gasteiger partial charge on any atom is 0.449 e. The number of H-pyrrole nitrogens is 1. The van der Waals surface area contributed by atoms with E-state index in [1.54, 1.807) is 12.1 Å². The van der Waals surface area contributed by atoms with Crippen LogP contribution in [-0.2, 0) is 11.0 Å². The average molecular weight is 375 g/mol. The van der Waals surface area contributed by atoms with Crippen molar-refractivity contribution in [1.82, 2.24) is 15.3 Å². The number of aromatic nitrogens is 2. The molecule has 7 heteroatoms. The summed E-state index contributed by atoms with van der Waals surface area (Å²) >= 11 is 0. The lowest BCUT2D eigenvalue weighted by Gasteiger charge is -2.20. The molecule has 0 saturated carbocycles. The maximum absolute atomic E-state index is 12.9. The smallest absolute Gasteiger partial charge is 0.345 e. The average Bonchev–Trinajstić information content (AvgIpc) is 3.03. The summed E-state index contributed by atoms with van der Waals surface area (Å²) in [6.07, 6.45) is -4.17. The monoisotopic (exact) mass is 375 g/mol. The maximum atomic E-state index is 12.9. The Morgan fingerprint density at radius 1 is 1.11 bits per heavy atom. The minimum Gasteiger partial charge on any atom is -0.345 e. The number of carbonyl (C=O) groups is 1. The first-order valence-electron chi connectivity index (χ1n) is 8.65. The fraction of sp³-hybridized carbons (Fsp3) is 0.300. The Labute approximate surface area is 154 Å². The van der Waals surface area contributed by atoms with E-state index in [0.29, 0.717) is 12.0 Å². The fourth-order valence-electron chi connectivity index (χ4n) is 2.94. The Bertz CT molecular complexity index is 933. The lowest BCUT2D eigenvalue weighted by atomic mass is 9.97. The molecule has 0 aliphatic carbocycles. The molecule has 1 aromatic heterocycles. The minimum atomic E-state index is -4.54. The van der Waals surface area contributed by atoms with Crippen LogP contribution in [0, 0.1) is 5.92 Å². The van der Waals surface area contributed by atoms with Crippen LogP contribution in [0.1, 0.15) is 43.3 Å². The molecule has 0 radical (unpaired) electrons. The molecule has 2 N–H and O–H groups in total. The third-order valence-electron chi connectivity index (χ3n) is 4.14. The number of aromatic amines is 1. The van der Waals surface area contributed by atoms with Gasteiger partial charge in [0.25, 0.3) is 0 Å². The van der Waals surface area contributed by atoms with Crippen molar-refractivity contribution in [3.8, 4) is 0 Å². The van der Waals surface area contributed by atoms with Gasteiger partial charge in [0.1, 0.15) is 0 Å². The number of benzene rings is 2. The number of halogens is 3. The molecule has 0 fully saturated rings. The standard InChI is InChI=1S/C20H20F3N3O/c1-12(2)10-17(27)26-18(13-6-4-3-5-7-13)14-8-9-15-16(11-14)25-19(24-15)20(21,22)23/h3-9,11-12,18H,10H2,1-2H3,(H,24,25)(H,26,27)/t18-/m1/s1. The third-order valence-corrected chi connectivity index (χ3v) is 4.14. The highest BCUT2D eigenvalue weighted by Crippen LogP contribution is 2.30. The van der Waals surface area contributed by atoms with Crippen molar-refractivity contribution in [3.05, 3.63) is 65.5 Å². The molecular formula is C20H20F3N3O. The van der Waals surface area contributed by atoms with Crippen LogP contribution in [0.3, 0.4) is 0 Å². The van der Waals surface area contributed by atoms with Gasteiger partial charge < -0.3 is 10.3 Å². The SMILES string of the molecule is CC(C)CC(=O)N[C@H](c1ccccc1)c1ccc2nc(C(F)(F)F)[nH]c2c1. The lowest BCUT2D eigenvalue weighted by molar-refractivity contribution is -0.144. The first-order valence-corrected chi connectivity index (χ1v) is 8.65. The van der Waals surface area contributed by atoms with Gasteiger partial charge >= 0.3 is 6.18 Å². The summed E-state index contributed by atoms with van der Waals surface area (Å²) in [6.45, 7) is 3.90. The molecule has 0 aliphatic rings. The van der Waals surface area contributed by atoms with Crippen LogP contribution in [0.4, 0.5) is 13.2 Å². The number of fused-ring (bicyclic) bond motifs is 1. The van der Waals surface area contributed by atoms with E-state index in [1.165, 1.54) is 6.07 Å². The fourth-order valence-corrected chi connectivity index (χ4v) is 2.94. The van der Waals surface area contributed by atoms with Crippen LogP contribution in [0.2, 0.25) is 0 Å². The highest BCUT2D eigenvalue weighted by molar-refractivity contribution is 5.79. The van der Waals surface area contributed by atoms with E-state index < -0.39 is 18.0 Å². The zero-order chi connectivity index (χ0) is 19.6. The van der Waals surface area contributed by atoms with Gasteiger partial charge in [-0.3, -0.25) is 4.79 Å². The number of hydrogen-bond acceptors (Lipinski definition) is 2. The largest absolute Gasteiger partial charge is 0.449 e. The van der Waals surface area contributed by atoms with Crippen LogP contribution in [-0.4, -0.2) is 15.9 Å². The van der Waals surface area contributed by atoms with Crippen LogP contribution >= 0.6 is 0 Å². The molecule has 1 amide bonds. The Morgan fingerprint density at radius 3 is 2.44 bits per heavy atom. The number of imidazole rings is 1. The number of rotatable bonds is 5. The Hall–Kier alpha value is -2.83. The molecule has 0 unspecified atom stereocenters. The molecule has 3 aromatic rings. The highest BCUT2D eigenvalue weighted by atomic mass is 19.4. The molecule has 0 aliphatic heterocycles. The molecule has 27 heavy (non-hydrogen) atoms. The normalized spacial score (nSPS) is 13.1. The van der Waals surface area contributed by atoms with Gasteiger partial charge in [-0.15, -0.1) is 0 Å². The van der Waals surface area contributed by atoms with Gasteiger partial charge in [-0.1, -0.05) is 50.2 Å². The molecule has 0 saturated heterocycles. The van der Waals surface area contributed by atoms with Gasteiger partial charge in [-0.25, -0.2) is 4.98 Å². The van der Waals surface area contributed by atoms with Crippen LogP contribution in [0.5, 0.6) is 0 Å². The highest BCUT2D eigenvalue weighted by Gasteiger charge is 2.34. The first-order chi connectivity index (χ1) is 12.7. The van der Waals surface area contributed by atoms with E-state index in [4.69, 9.17) is 0 Å². The summed E-state index contributed by atoms with van der Waals surface area (Å²) in [5, 5.41) is 2.99. The Morgan fingerprint density at radius 2 is 1.81 bits per heavy atom. The van der Waals surface area contributed by atoms with Crippen molar-refractivity contribution in [3.63, 3.8) is 0 Å². The van der Waals surface area contributed by atoms with E-state index in [9.17, 15) is 18.0 Å². The second kappa shape index (κ2) is 7.42. The topological polar surface area (TPSA) is 57.8 Å². The van der Waals surface area contributed by atoms with E-state index in [0.717, 1.165) is 5.56 Å². The number of nitrogens with one attached hydrogen (secondary N) is 2. The van der Waals surface area contributed by atoms with Crippen molar-refractivity contribution in [2.24, 2.45) is 5.92 Å². The summed E-state index contributed by atoms with van der Waals surface area (Å²) in [4.78, 5) is 18.2. The molecule has 1 atom stereocenters. The molecule has 4 nitrogen and oxygen atoms in total. The summed E-state index contributed by atoms with van der Waals surface area (Å²) < 4.78 is 38.7. The van der Waals surface area contributed by atoms with Gasteiger partial charge in [0, 0.05) is 6.42 Å². The molecule has 2 aromatic carbocycles. The Balaban J connectivity index is 1.99. The van der Waals surface area contributed by atoms with Crippen LogP contribution < -0.4 is 5.32 Å². The van der Waals surface area contributed by atoms with Crippen molar-refractivity contribution < 1.29 is 18.0 Å². The van der Waals surface area contributed by atoms with Crippen molar-refractivity contribution in [2.45, 2.75) is 32.5 Å². The second-order valence-electron chi connectivity index (χ2n) is 6.87. The van der Waals surface area contributed by atoms with E-state index in [1.807, 2.05) is 44.2 Å². The third kappa shape index (κ3) is 4.48. The minimum absolute atomic E-state index is 0.112. The number of alkyl halides is 3. The molecule has 1 heterocycles. The quantitative estimate of drug-likeness (QED) is 0.671. The number of carbonyl (C=O) groups excluding carboxylic acids is 1. The summed E-state index contributed by atoms with van der Waals surface area (Å²) in [6, 6.07) is 13.7. The lowest BCUT2D eigenvalue weighted by Crippen LogP contribution is -2.30. The number of hydrogen-bond donors (Lipinski definition) is 2. The summed E-state index contributed by atoms with van der Waals surface area (Å²) in [7, 11) is 0. The first kappa shape index (κ1) is 18.9. The van der Waals surface area contributed by atoms with E-state index in [-0.39, 0.29) is 22.9 Å². The predicted octanol–water partition coefficient (Wildman–Crippen LogP) is 4.83. The molecule has 0 spiro atoms. The van der Waals surface area contributed by atoms with Gasteiger partial charge in [-0.05, 0) is 29.2 Å². The van der Waals surface area contributed by atoms with Gasteiger partial charge in [0.2, 0.25) is 11.7 Å². The predicted molar refractivity (Wildman–Crippen MR) is 97.0 cm³/mol. The number of nitrogens with zero attached hydrogens (tertiary/aromatic N) is 1. The van der Waals surface area contributed by atoms with E-state index in [2.05, 4.69) is 15.3 Å². The molecule has 3 rings (SSSR count). The van der Waals surface area contributed by atoms with Crippen molar-refractivity contribution >= 4 is 16.9 Å². The van der Waals surface area contributed by atoms with Crippen LogP contribution in [0.15, 0.2) is 48.5 Å². The zero-order valence-corrected chi connectivity index (χ0v) is 15.0. The Kier molecular flexibility index (Phi) is 5.21. The van der Waals surface area contributed by atoms with E-state index >= 15 is 0 Å². The second-order valence-corrected chi connectivity index (χ2v) is 6.87. The van der Waals surface area contributed by atoms with Crippen molar-refractivity contribution in [2.75, 3.05) is 0 Å². The summed E-state index contributed by atoms with van der Waals surface area (Å²) in [5.41, 5.74) is 2.04. The van der Waals surface area contributed by atoms with Crippen molar-refractivity contribution in [1.29, 1.82) is 0 Å². The number of amides is 1. The molecule has 0 bridgehead atoms. The molecular weight excluding hydrogens is 355 g/mol.